The van der Waals surface area contributed by atoms with E-state index in [1.807, 2.05) is 6.07 Å². The van der Waals surface area contributed by atoms with E-state index in [0.29, 0.717) is 29.4 Å². The molecule has 2 atom stereocenters. The van der Waals surface area contributed by atoms with Crippen LogP contribution in [0.25, 0.3) is 0 Å². The number of aliphatic carboxylic acids is 1. The first-order chi connectivity index (χ1) is 9.00. The van der Waals surface area contributed by atoms with E-state index in [2.05, 4.69) is 5.32 Å². The molecule has 19 heavy (non-hydrogen) atoms. The van der Waals surface area contributed by atoms with Gasteiger partial charge in [-0.2, -0.15) is 0 Å². The maximum Gasteiger partial charge on any atom is 0.307 e. The number of halogens is 2. The van der Waals surface area contributed by atoms with Gasteiger partial charge in [-0.25, -0.2) is 0 Å². The molecule has 1 saturated carbocycles. The van der Waals surface area contributed by atoms with Gasteiger partial charge in [0.2, 0.25) is 5.91 Å². The van der Waals surface area contributed by atoms with Crippen LogP contribution in [0, 0.1) is 11.8 Å². The molecule has 0 spiro atoms. The summed E-state index contributed by atoms with van der Waals surface area (Å²) in [7, 11) is 0. The molecule has 0 bridgehead atoms. The molecule has 102 valence electrons. The minimum Gasteiger partial charge on any atom is -0.481 e. The van der Waals surface area contributed by atoms with Crippen LogP contribution in [0.15, 0.2) is 18.2 Å². The van der Waals surface area contributed by atoms with Gasteiger partial charge in [0.05, 0.1) is 21.9 Å². The van der Waals surface area contributed by atoms with Crippen molar-refractivity contribution in [3.63, 3.8) is 0 Å². The zero-order valence-electron chi connectivity index (χ0n) is 10.0. The van der Waals surface area contributed by atoms with Gasteiger partial charge in [-0.15, -0.1) is 0 Å². The van der Waals surface area contributed by atoms with E-state index in [1.54, 1.807) is 12.1 Å². The Morgan fingerprint density at radius 3 is 2.68 bits per heavy atom. The molecule has 6 heteroatoms. The number of hydrogen-bond acceptors (Lipinski definition) is 2. The maximum absolute atomic E-state index is 11.6. The van der Waals surface area contributed by atoms with Crippen molar-refractivity contribution in [3.8, 4) is 0 Å². The molecule has 0 radical (unpaired) electrons. The molecule has 4 nitrogen and oxygen atoms in total. The zero-order chi connectivity index (χ0) is 14.0. The second-order valence-electron chi connectivity index (χ2n) is 4.54. The quantitative estimate of drug-likeness (QED) is 0.877. The van der Waals surface area contributed by atoms with Gasteiger partial charge in [-0.05, 0) is 24.5 Å². The molecular weight excluding hydrogens is 289 g/mol. The predicted molar refractivity (Wildman–Crippen MR) is 72.4 cm³/mol. The lowest BCUT2D eigenvalue weighted by Crippen LogP contribution is -2.28. The van der Waals surface area contributed by atoms with Crippen molar-refractivity contribution in [2.24, 2.45) is 11.8 Å². The summed E-state index contributed by atoms with van der Waals surface area (Å²) in [6.07, 6.45) is 0.995. The average Bonchev–Trinajstić information content (AvgIpc) is 3.14. The fourth-order valence-corrected chi connectivity index (χ4v) is 2.37. The van der Waals surface area contributed by atoms with Crippen LogP contribution in [0.4, 0.5) is 0 Å². The van der Waals surface area contributed by atoms with Gasteiger partial charge in [-0.3, -0.25) is 9.59 Å². The van der Waals surface area contributed by atoms with E-state index in [1.165, 1.54) is 0 Å². The molecule has 1 aromatic rings. The molecule has 2 unspecified atom stereocenters. The Bertz CT molecular complexity index is 519. The molecular formula is C13H13Cl2NO3. The summed E-state index contributed by atoms with van der Waals surface area (Å²) < 4.78 is 0. The monoisotopic (exact) mass is 301 g/mol. The number of amides is 1. The largest absolute Gasteiger partial charge is 0.481 e. The Hall–Kier alpha value is -1.26. The van der Waals surface area contributed by atoms with Crippen molar-refractivity contribution >= 4 is 35.1 Å². The molecule has 0 heterocycles. The highest BCUT2D eigenvalue weighted by atomic mass is 35.5. The first kappa shape index (κ1) is 14.2. The van der Waals surface area contributed by atoms with E-state index in [-0.39, 0.29) is 11.8 Å². The first-order valence-corrected chi connectivity index (χ1v) is 6.69. The van der Waals surface area contributed by atoms with E-state index in [0.717, 1.165) is 5.56 Å². The summed E-state index contributed by atoms with van der Waals surface area (Å²) >= 11 is 11.9. The number of nitrogens with one attached hydrogen (secondary N) is 1. The highest BCUT2D eigenvalue weighted by Gasteiger charge is 2.48. The van der Waals surface area contributed by atoms with Crippen LogP contribution in [-0.4, -0.2) is 23.5 Å². The van der Waals surface area contributed by atoms with E-state index in [4.69, 9.17) is 28.3 Å². The minimum absolute atomic E-state index is 0.203. The number of carboxylic acid groups (broad SMARTS) is 1. The van der Waals surface area contributed by atoms with Gasteiger partial charge < -0.3 is 10.4 Å². The summed E-state index contributed by atoms with van der Waals surface area (Å²) in [5, 5.41) is 12.4. The van der Waals surface area contributed by atoms with Gasteiger partial charge in [0, 0.05) is 6.54 Å². The maximum atomic E-state index is 11.6. The zero-order valence-corrected chi connectivity index (χ0v) is 11.5. The Kier molecular flexibility index (Phi) is 4.32. The number of carbonyl (C=O) groups is 2. The minimum atomic E-state index is -0.905. The van der Waals surface area contributed by atoms with Crippen LogP contribution in [0.5, 0.6) is 0 Å². The number of carbonyl (C=O) groups excluding carboxylic acids is 1. The van der Waals surface area contributed by atoms with Gasteiger partial charge >= 0.3 is 5.97 Å². The molecule has 1 fully saturated rings. The second kappa shape index (κ2) is 5.80. The SMILES string of the molecule is O=C(O)C1CC1C(=O)NCCc1cccc(Cl)c1Cl. The summed E-state index contributed by atoms with van der Waals surface area (Å²) in [5.74, 6) is -2.01. The fraction of sp³-hybridized carbons (Fsp3) is 0.385. The molecule has 1 aromatic carbocycles. The molecule has 0 aromatic heterocycles. The van der Waals surface area contributed by atoms with E-state index < -0.39 is 11.9 Å². The van der Waals surface area contributed by atoms with Crippen LogP contribution in [0.1, 0.15) is 12.0 Å². The Morgan fingerprint density at radius 1 is 1.32 bits per heavy atom. The van der Waals surface area contributed by atoms with Crippen LogP contribution in [0.2, 0.25) is 10.0 Å². The third-order valence-electron chi connectivity index (χ3n) is 3.17. The predicted octanol–water partition coefficient (Wildman–Crippen LogP) is 2.37. The van der Waals surface area contributed by atoms with Crippen LogP contribution < -0.4 is 5.32 Å². The third-order valence-corrected chi connectivity index (χ3v) is 4.03. The van der Waals surface area contributed by atoms with Gasteiger partial charge in [0.25, 0.3) is 0 Å². The van der Waals surface area contributed by atoms with E-state index >= 15 is 0 Å². The summed E-state index contributed by atoms with van der Waals surface area (Å²) in [4.78, 5) is 22.3. The lowest BCUT2D eigenvalue weighted by molar-refractivity contribution is -0.140. The van der Waals surface area contributed by atoms with Crippen molar-refractivity contribution in [2.75, 3.05) is 6.54 Å². The number of hydrogen-bond donors (Lipinski definition) is 2. The first-order valence-electron chi connectivity index (χ1n) is 5.94. The standard InChI is InChI=1S/C13H13Cl2NO3/c14-10-3-1-2-7(11(10)15)4-5-16-12(17)8-6-9(8)13(18)19/h1-3,8-9H,4-6H2,(H,16,17)(H,18,19). The topological polar surface area (TPSA) is 66.4 Å². The Balaban J connectivity index is 1.80. The van der Waals surface area contributed by atoms with Crippen molar-refractivity contribution in [3.05, 3.63) is 33.8 Å². The smallest absolute Gasteiger partial charge is 0.307 e. The van der Waals surface area contributed by atoms with Gasteiger partial charge in [0.15, 0.2) is 0 Å². The van der Waals surface area contributed by atoms with Crippen molar-refractivity contribution in [2.45, 2.75) is 12.8 Å². The second-order valence-corrected chi connectivity index (χ2v) is 5.33. The van der Waals surface area contributed by atoms with Gasteiger partial charge in [0.1, 0.15) is 0 Å². The molecule has 2 rings (SSSR count). The van der Waals surface area contributed by atoms with Crippen LogP contribution in [-0.2, 0) is 16.0 Å². The average molecular weight is 302 g/mol. The molecule has 0 aliphatic heterocycles. The molecule has 1 aliphatic carbocycles. The lowest BCUT2D eigenvalue weighted by Gasteiger charge is -2.07. The fourth-order valence-electron chi connectivity index (χ4n) is 1.95. The molecule has 1 amide bonds. The van der Waals surface area contributed by atoms with E-state index in [9.17, 15) is 9.59 Å². The highest BCUT2D eigenvalue weighted by Crippen LogP contribution is 2.38. The van der Waals surface area contributed by atoms with Crippen molar-refractivity contribution in [1.29, 1.82) is 0 Å². The van der Waals surface area contributed by atoms with Crippen LogP contribution in [0.3, 0.4) is 0 Å². The number of rotatable bonds is 5. The van der Waals surface area contributed by atoms with Crippen molar-refractivity contribution < 1.29 is 14.7 Å². The summed E-state index contributed by atoms with van der Waals surface area (Å²) in [5.41, 5.74) is 0.861. The van der Waals surface area contributed by atoms with Crippen LogP contribution >= 0.6 is 23.2 Å². The molecule has 1 aliphatic rings. The highest BCUT2D eigenvalue weighted by molar-refractivity contribution is 6.42. The summed E-state index contributed by atoms with van der Waals surface area (Å²) in [6.45, 7) is 0.418. The number of carboxylic acids is 1. The molecule has 2 N–H and O–H groups in total. The summed E-state index contributed by atoms with van der Waals surface area (Å²) in [6, 6.07) is 5.35. The van der Waals surface area contributed by atoms with Gasteiger partial charge in [-0.1, -0.05) is 35.3 Å². The molecule has 0 saturated heterocycles. The lowest BCUT2D eigenvalue weighted by atomic mass is 10.1. The number of benzene rings is 1. The normalized spacial score (nSPS) is 20.9. The Labute approximate surface area is 120 Å². The third kappa shape index (κ3) is 3.39. The van der Waals surface area contributed by atoms with Crippen molar-refractivity contribution in [1.82, 2.24) is 5.32 Å². The Morgan fingerprint density at radius 2 is 2.05 bits per heavy atom.